The van der Waals surface area contributed by atoms with Gasteiger partial charge in [0.05, 0.1) is 45.6 Å². The van der Waals surface area contributed by atoms with E-state index in [0.29, 0.717) is 11.2 Å². The van der Waals surface area contributed by atoms with E-state index in [1.807, 2.05) is 43.7 Å². The molecule has 0 bridgehead atoms. The number of fused-ring (bicyclic) bond motifs is 3. The lowest BCUT2D eigenvalue weighted by Crippen LogP contribution is -2.12. The Morgan fingerprint density at radius 2 is 1.94 bits per heavy atom. The van der Waals surface area contributed by atoms with Gasteiger partial charge >= 0.3 is 0 Å². The van der Waals surface area contributed by atoms with Crippen LogP contribution in [0.4, 0.5) is 15.8 Å². The molecule has 0 amide bonds. The molecule has 1 atom stereocenters. The highest BCUT2D eigenvalue weighted by Gasteiger charge is 2.39. The number of H-pyrrole nitrogens is 1. The van der Waals surface area contributed by atoms with Gasteiger partial charge in [0.1, 0.15) is 23.2 Å². The maximum atomic E-state index is 13.7. The number of thiophene rings is 1. The van der Waals surface area contributed by atoms with Crippen LogP contribution < -0.4 is 15.5 Å². The lowest BCUT2D eigenvalue weighted by atomic mass is 9.99. The van der Waals surface area contributed by atoms with Crippen LogP contribution in [0.2, 0.25) is 0 Å². The quantitative estimate of drug-likeness (QED) is 0.325. The summed E-state index contributed by atoms with van der Waals surface area (Å²) in [6.45, 7) is 0. The van der Waals surface area contributed by atoms with Crippen molar-refractivity contribution in [3.05, 3.63) is 77.3 Å². The number of aromatic nitrogens is 5. The molecule has 1 saturated heterocycles. The van der Waals surface area contributed by atoms with E-state index >= 15 is 0 Å². The van der Waals surface area contributed by atoms with Crippen molar-refractivity contribution in [3.63, 3.8) is 0 Å². The molecule has 5 aromatic rings. The van der Waals surface area contributed by atoms with Crippen molar-refractivity contribution in [3.8, 4) is 21.8 Å². The predicted octanol–water partition coefficient (Wildman–Crippen LogP) is 4.46. The van der Waals surface area contributed by atoms with E-state index in [2.05, 4.69) is 37.7 Å². The highest BCUT2D eigenvalue weighted by Crippen LogP contribution is 2.43. The molecule has 0 aliphatic carbocycles. The number of hydrogen-bond donors (Lipinski definition) is 3. The van der Waals surface area contributed by atoms with Crippen LogP contribution in [0.1, 0.15) is 11.4 Å². The molecule has 10 heteroatoms. The maximum Gasteiger partial charge on any atom is 0.177 e. The summed E-state index contributed by atoms with van der Waals surface area (Å²) in [5.74, 6) is 0.733. The first-order valence-electron chi connectivity index (χ1n) is 11.1. The van der Waals surface area contributed by atoms with Crippen LogP contribution in [0.15, 0.2) is 60.8 Å². The van der Waals surface area contributed by atoms with Crippen LogP contribution in [-0.4, -0.2) is 45.2 Å². The number of pyridine rings is 3. The molecule has 0 aromatic carbocycles. The highest BCUT2D eigenvalue weighted by atomic mass is 32.1. The maximum absolute atomic E-state index is 13.7. The van der Waals surface area contributed by atoms with Gasteiger partial charge in [-0.1, -0.05) is 0 Å². The van der Waals surface area contributed by atoms with E-state index in [9.17, 15) is 4.39 Å². The molecule has 2 aliphatic heterocycles. The second-order valence-corrected chi connectivity index (χ2v) is 9.73. The lowest BCUT2D eigenvalue weighted by molar-refractivity contribution is 0.657. The first kappa shape index (κ1) is 20.1. The van der Waals surface area contributed by atoms with Crippen molar-refractivity contribution in [2.24, 2.45) is 0 Å². The Balaban J connectivity index is 1.36. The standard InChI is InChI=1S/C25H19FN8S/c1-34(2)13-7-12(9-27-10-13)16-8-14-17(11-29-16)31-25-23(33-25)20(14)24-30-15-5-6-28-22(21(15)32-24)18-3-4-19(26)35-18/h3-11,25,31,33H,1-2H3,(H,30,32). The van der Waals surface area contributed by atoms with Gasteiger partial charge in [0.2, 0.25) is 0 Å². The third-order valence-electron chi connectivity index (χ3n) is 6.23. The van der Waals surface area contributed by atoms with Gasteiger partial charge in [-0.25, -0.2) is 4.98 Å². The summed E-state index contributed by atoms with van der Waals surface area (Å²) in [7, 11) is 3.98. The Hall–Kier alpha value is -4.31. The van der Waals surface area contributed by atoms with Crippen molar-refractivity contribution in [1.29, 1.82) is 0 Å². The summed E-state index contributed by atoms with van der Waals surface area (Å²) in [6, 6.07) is 9.22. The smallest absolute Gasteiger partial charge is 0.177 e. The minimum Gasteiger partial charge on any atom is -0.376 e. The fourth-order valence-corrected chi connectivity index (χ4v) is 5.15. The van der Waals surface area contributed by atoms with Crippen molar-refractivity contribution in [2.45, 2.75) is 6.17 Å². The van der Waals surface area contributed by atoms with Crippen molar-refractivity contribution in [1.82, 2.24) is 30.2 Å². The molecule has 3 N–H and O–H groups in total. The molecule has 5 aromatic heterocycles. The summed E-state index contributed by atoms with van der Waals surface area (Å²) in [6.07, 6.45) is 7.28. The number of imidazole rings is 1. The Kier molecular flexibility index (Phi) is 4.22. The third-order valence-corrected chi connectivity index (χ3v) is 7.11. The number of halogens is 1. The van der Waals surface area contributed by atoms with E-state index in [0.717, 1.165) is 67.0 Å². The van der Waals surface area contributed by atoms with Crippen molar-refractivity contribution >= 4 is 39.3 Å². The molecule has 8 nitrogen and oxygen atoms in total. The average Bonchev–Trinajstić information content (AvgIpc) is 3.28. The summed E-state index contributed by atoms with van der Waals surface area (Å²) in [4.78, 5) is 24.7. The molecule has 1 unspecified atom stereocenters. The van der Waals surface area contributed by atoms with Crippen LogP contribution in [0.5, 0.6) is 0 Å². The molecule has 0 spiro atoms. The summed E-state index contributed by atoms with van der Waals surface area (Å²) < 4.78 is 13.7. The number of anilines is 2. The van der Waals surface area contributed by atoms with Gasteiger partial charge in [0, 0.05) is 43.2 Å². The van der Waals surface area contributed by atoms with Gasteiger partial charge in [-0.05, 0) is 30.3 Å². The number of nitrogens with one attached hydrogen (secondary N) is 3. The van der Waals surface area contributed by atoms with Crippen molar-refractivity contribution in [2.75, 3.05) is 24.3 Å². The van der Waals surface area contributed by atoms with Crippen LogP contribution in [0.25, 0.3) is 38.4 Å². The molecule has 172 valence electrons. The minimum atomic E-state index is -0.246. The number of nitrogens with zero attached hydrogens (tertiary/aromatic N) is 5. The van der Waals surface area contributed by atoms with Crippen LogP contribution in [-0.2, 0) is 0 Å². The highest BCUT2D eigenvalue weighted by molar-refractivity contribution is 7.13. The molecular formula is C25H19FN8S. The fraction of sp³-hybridized carbons (Fsp3) is 0.120. The van der Waals surface area contributed by atoms with E-state index in [1.165, 1.54) is 6.07 Å². The zero-order chi connectivity index (χ0) is 23.7. The van der Waals surface area contributed by atoms with Gasteiger partial charge in [0.15, 0.2) is 5.13 Å². The third kappa shape index (κ3) is 3.25. The van der Waals surface area contributed by atoms with Crippen LogP contribution in [0.3, 0.4) is 0 Å². The van der Waals surface area contributed by atoms with E-state index < -0.39 is 0 Å². The Labute approximate surface area is 203 Å². The van der Waals surface area contributed by atoms with Gasteiger partial charge in [0.25, 0.3) is 0 Å². The van der Waals surface area contributed by atoms with E-state index in [4.69, 9.17) is 9.97 Å². The molecule has 7 rings (SSSR count). The first-order chi connectivity index (χ1) is 17.0. The van der Waals surface area contributed by atoms with Gasteiger partial charge in [-0.15, -0.1) is 11.3 Å². The Bertz CT molecular complexity index is 1670. The number of rotatable bonds is 4. The van der Waals surface area contributed by atoms with Gasteiger partial charge in [-0.3, -0.25) is 15.0 Å². The number of aromatic amines is 1. The second kappa shape index (κ2) is 7.34. The summed E-state index contributed by atoms with van der Waals surface area (Å²) in [5, 5.41) is 6.62. The second-order valence-electron chi connectivity index (χ2n) is 8.70. The number of hydrogen-bond acceptors (Lipinski definition) is 8. The van der Waals surface area contributed by atoms with Gasteiger partial charge < -0.3 is 20.5 Å². The van der Waals surface area contributed by atoms with E-state index in [-0.39, 0.29) is 11.3 Å². The summed E-state index contributed by atoms with van der Waals surface area (Å²) in [5.41, 5.74) is 8.99. The van der Waals surface area contributed by atoms with Crippen molar-refractivity contribution < 1.29 is 4.39 Å². The molecular weight excluding hydrogens is 463 g/mol. The normalized spacial score (nSPS) is 15.9. The average molecular weight is 483 g/mol. The molecule has 35 heavy (non-hydrogen) atoms. The Morgan fingerprint density at radius 1 is 1.03 bits per heavy atom. The monoisotopic (exact) mass is 482 g/mol. The molecule has 0 saturated carbocycles. The lowest BCUT2D eigenvalue weighted by Gasteiger charge is -2.17. The first-order valence-corrected chi connectivity index (χ1v) is 11.9. The van der Waals surface area contributed by atoms with Gasteiger partial charge in [-0.2, -0.15) is 4.39 Å². The minimum absolute atomic E-state index is 0.0566. The topological polar surface area (TPSA) is 105 Å². The molecule has 1 fully saturated rings. The molecule has 0 radical (unpaired) electrons. The van der Waals surface area contributed by atoms with Crippen LogP contribution >= 0.6 is 11.3 Å². The molecule has 7 heterocycles. The SMILES string of the molecule is CN(C)c1cncc(-c2cc3c(cn2)NC2NC2=C3c2nc3c(-c4ccc(F)s4)nccc3[nH]2)c1. The molecule has 2 aliphatic rings. The fourth-order valence-electron chi connectivity index (χ4n) is 4.42. The zero-order valence-corrected chi connectivity index (χ0v) is 19.6. The predicted molar refractivity (Wildman–Crippen MR) is 136 cm³/mol. The zero-order valence-electron chi connectivity index (χ0n) is 18.8. The van der Waals surface area contributed by atoms with Crippen LogP contribution in [0, 0.1) is 5.13 Å². The Morgan fingerprint density at radius 3 is 2.77 bits per heavy atom. The van der Waals surface area contributed by atoms with E-state index in [1.54, 1.807) is 12.3 Å². The largest absolute Gasteiger partial charge is 0.376 e. The summed E-state index contributed by atoms with van der Waals surface area (Å²) >= 11 is 1.07.